The minimum Gasteiger partial charge on any atom is -0.451 e. The van der Waals surface area contributed by atoms with Crippen LogP contribution in [0.25, 0.3) is 11.3 Å². The van der Waals surface area contributed by atoms with E-state index in [1.165, 1.54) is 0 Å². The van der Waals surface area contributed by atoms with Gasteiger partial charge in [-0.15, -0.1) is 0 Å². The van der Waals surface area contributed by atoms with Gasteiger partial charge in [0.25, 0.3) is 5.91 Å². The van der Waals surface area contributed by atoms with Gasteiger partial charge in [-0.1, -0.05) is 42.5 Å². The lowest BCUT2D eigenvalue weighted by molar-refractivity contribution is 0.0997. The van der Waals surface area contributed by atoms with Gasteiger partial charge >= 0.3 is 0 Å². The van der Waals surface area contributed by atoms with E-state index in [1.54, 1.807) is 18.2 Å². The third kappa shape index (κ3) is 3.67. The average Bonchev–Trinajstić information content (AvgIpc) is 3.06. The van der Waals surface area contributed by atoms with Gasteiger partial charge in [-0.25, -0.2) is 0 Å². The van der Waals surface area contributed by atoms with Gasteiger partial charge in [0.2, 0.25) is 0 Å². The molecule has 0 aliphatic rings. The molecule has 0 fully saturated rings. The Morgan fingerprint density at radius 1 is 1.00 bits per heavy atom. The highest BCUT2D eigenvalue weighted by Crippen LogP contribution is 2.22. The van der Waals surface area contributed by atoms with Crippen LogP contribution in [0.2, 0.25) is 0 Å². The first-order valence-corrected chi connectivity index (χ1v) is 7.42. The van der Waals surface area contributed by atoms with Crippen LogP contribution in [0.1, 0.15) is 16.1 Å². The number of benzene rings is 2. The first-order chi connectivity index (χ1) is 11.3. The zero-order valence-corrected chi connectivity index (χ0v) is 12.5. The summed E-state index contributed by atoms with van der Waals surface area (Å²) in [5.74, 6) is 0.620. The van der Waals surface area contributed by atoms with Crippen LogP contribution in [0, 0.1) is 0 Å². The second kappa shape index (κ2) is 6.94. The lowest BCUT2D eigenvalue weighted by Gasteiger charge is -2.05. The van der Waals surface area contributed by atoms with Crippen LogP contribution in [0.4, 0.5) is 5.69 Å². The Balaban J connectivity index is 1.74. The summed E-state index contributed by atoms with van der Waals surface area (Å²) in [5, 5.41) is 11.8. The monoisotopic (exact) mass is 307 g/mol. The number of anilines is 1. The number of furan rings is 1. The Labute approximate surface area is 134 Å². The van der Waals surface area contributed by atoms with E-state index >= 15 is 0 Å². The van der Waals surface area contributed by atoms with Gasteiger partial charge in [-0.05, 0) is 36.2 Å². The van der Waals surface area contributed by atoms with Crippen LogP contribution in [0.5, 0.6) is 0 Å². The number of nitrogens with one attached hydrogen (secondary N) is 1. The van der Waals surface area contributed by atoms with Crippen LogP contribution in [-0.4, -0.2) is 17.6 Å². The first kappa shape index (κ1) is 15.1. The molecule has 1 heterocycles. The highest BCUT2D eigenvalue weighted by Gasteiger charge is 2.12. The Morgan fingerprint density at radius 3 is 2.61 bits per heavy atom. The molecule has 0 bridgehead atoms. The Bertz CT molecular complexity index is 793. The van der Waals surface area contributed by atoms with Crippen molar-refractivity contribution in [1.29, 1.82) is 0 Å². The molecule has 1 aromatic heterocycles. The molecule has 0 aliphatic heterocycles. The SMILES string of the molecule is O=C(Nc1cccc(CCO)c1)c1ccc(-c2ccccc2)o1. The molecule has 2 aromatic carbocycles. The lowest BCUT2D eigenvalue weighted by atomic mass is 10.1. The summed E-state index contributed by atoms with van der Waals surface area (Å²) in [7, 11) is 0. The highest BCUT2D eigenvalue weighted by molar-refractivity contribution is 6.02. The van der Waals surface area contributed by atoms with E-state index in [9.17, 15) is 4.79 Å². The Hall–Kier alpha value is -2.85. The number of carbonyl (C=O) groups is 1. The molecule has 1 amide bonds. The molecule has 4 heteroatoms. The molecule has 0 spiro atoms. The van der Waals surface area contributed by atoms with Crippen LogP contribution in [0.15, 0.2) is 71.1 Å². The van der Waals surface area contributed by atoms with Crippen molar-refractivity contribution in [2.24, 2.45) is 0 Å². The number of hydrogen-bond acceptors (Lipinski definition) is 3. The number of aliphatic hydroxyl groups excluding tert-OH is 1. The quantitative estimate of drug-likeness (QED) is 0.755. The fourth-order valence-corrected chi connectivity index (χ4v) is 2.34. The normalized spacial score (nSPS) is 10.5. The van der Waals surface area contributed by atoms with Gasteiger partial charge in [0.15, 0.2) is 5.76 Å². The Kier molecular flexibility index (Phi) is 4.54. The molecule has 116 valence electrons. The summed E-state index contributed by atoms with van der Waals surface area (Å²) in [6.07, 6.45) is 0.558. The van der Waals surface area contributed by atoms with Crippen molar-refractivity contribution in [3.8, 4) is 11.3 Å². The van der Waals surface area contributed by atoms with Gasteiger partial charge in [0.05, 0.1) is 0 Å². The van der Waals surface area contributed by atoms with Crippen molar-refractivity contribution < 1.29 is 14.3 Å². The smallest absolute Gasteiger partial charge is 0.291 e. The fourth-order valence-electron chi connectivity index (χ4n) is 2.34. The molecule has 3 rings (SSSR count). The number of carbonyl (C=O) groups excluding carboxylic acids is 1. The van der Waals surface area contributed by atoms with Gasteiger partial charge in [0.1, 0.15) is 5.76 Å². The number of hydrogen-bond donors (Lipinski definition) is 2. The summed E-state index contributed by atoms with van der Waals surface area (Å²) >= 11 is 0. The van der Waals surface area contributed by atoms with E-state index in [-0.39, 0.29) is 18.3 Å². The predicted molar refractivity (Wildman–Crippen MR) is 89.3 cm³/mol. The Morgan fingerprint density at radius 2 is 1.83 bits per heavy atom. The number of rotatable bonds is 5. The lowest BCUT2D eigenvalue weighted by Crippen LogP contribution is -2.11. The molecule has 0 aliphatic carbocycles. The van der Waals surface area contributed by atoms with E-state index in [4.69, 9.17) is 9.52 Å². The maximum atomic E-state index is 12.3. The molecule has 3 aromatic rings. The maximum Gasteiger partial charge on any atom is 0.291 e. The molecule has 23 heavy (non-hydrogen) atoms. The summed E-state index contributed by atoms with van der Waals surface area (Å²) in [5.41, 5.74) is 2.57. The van der Waals surface area contributed by atoms with Crippen LogP contribution in [-0.2, 0) is 6.42 Å². The summed E-state index contributed by atoms with van der Waals surface area (Å²) < 4.78 is 5.63. The molecular weight excluding hydrogens is 290 g/mol. The standard InChI is InChI=1S/C19H17NO3/c21-12-11-14-5-4-8-16(13-14)20-19(22)18-10-9-17(23-18)15-6-2-1-3-7-15/h1-10,13,21H,11-12H2,(H,20,22). The van der Waals surface area contributed by atoms with Crippen LogP contribution < -0.4 is 5.32 Å². The predicted octanol–water partition coefficient (Wildman–Crippen LogP) is 3.73. The van der Waals surface area contributed by atoms with E-state index in [2.05, 4.69) is 5.32 Å². The molecular formula is C19H17NO3. The minimum absolute atomic E-state index is 0.0794. The van der Waals surface area contributed by atoms with Crippen molar-refractivity contribution in [3.05, 3.63) is 78.1 Å². The van der Waals surface area contributed by atoms with Crippen molar-refractivity contribution >= 4 is 11.6 Å². The van der Waals surface area contributed by atoms with Gasteiger partial charge in [-0.2, -0.15) is 0 Å². The summed E-state index contributed by atoms with van der Waals surface area (Å²) in [6.45, 7) is 0.0794. The van der Waals surface area contributed by atoms with E-state index in [1.807, 2.05) is 48.5 Å². The van der Waals surface area contributed by atoms with Crippen LogP contribution in [0.3, 0.4) is 0 Å². The topological polar surface area (TPSA) is 62.5 Å². The third-order valence-electron chi connectivity index (χ3n) is 3.47. The van der Waals surface area contributed by atoms with E-state index in [0.29, 0.717) is 17.9 Å². The molecule has 0 atom stereocenters. The largest absolute Gasteiger partial charge is 0.451 e. The summed E-state index contributed by atoms with van der Waals surface area (Å²) in [4.78, 5) is 12.3. The molecule has 0 saturated carbocycles. The minimum atomic E-state index is -0.298. The molecule has 2 N–H and O–H groups in total. The molecule has 0 unspecified atom stereocenters. The molecule has 0 radical (unpaired) electrons. The van der Waals surface area contributed by atoms with Gasteiger partial charge in [0, 0.05) is 17.9 Å². The zero-order chi connectivity index (χ0) is 16.1. The van der Waals surface area contributed by atoms with Crippen molar-refractivity contribution in [3.63, 3.8) is 0 Å². The second-order valence-electron chi connectivity index (χ2n) is 5.16. The molecule has 4 nitrogen and oxygen atoms in total. The maximum absolute atomic E-state index is 12.3. The first-order valence-electron chi connectivity index (χ1n) is 7.42. The third-order valence-corrected chi connectivity index (χ3v) is 3.47. The van der Waals surface area contributed by atoms with Gasteiger partial charge < -0.3 is 14.8 Å². The van der Waals surface area contributed by atoms with E-state index in [0.717, 1.165) is 11.1 Å². The second-order valence-corrected chi connectivity index (χ2v) is 5.16. The average molecular weight is 307 g/mol. The fraction of sp³-hybridized carbons (Fsp3) is 0.105. The zero-order valence-electron chi connectivity index (χ0n) is 12.5. The number of aliphatic hydroxyl groups is 1. The summed E-state index contributed by atoms with van der Waals surface area (Å²) in [6, 6.07) is 20.5. The van der Waals surface area contributed by atoms with Crippen LogP contribution >= 0.6 is 0 Å². The highest BCUT2D eigenvalue weighted by atomic mass is 16.3. The molecule has 0 saturated heterocycles. The van der Waals surface area contributed by atoms with Crippen molar-refractivity contribution in [1.82, 2.24) is 0 Å². The number of amides is 1. The van der Waals surface area contributed by atoms with Crippen molar-refractivity contribution in [2.75, 3.05) is 11.9 Å². The van der Waals surface area contributed by atoms with Gasteiger partial charge in [-0.3, -0.25) is 4.79 Å². The van der Waals surface area contributed by atoms with E-state index < -0.39 is 0 Å². The van der Waals surface area contributed by atoms with Crippen molar-refractivity contribution in [2.45, 2.75) is 6.42 Å².